The number of hydrogen-bond donors (Lipinski definition) is 2. The Morgan fingerprint density at radius 2 is 1.70 bits per heavy atom. The van der Waals surface area contributed by atoms with Gasteiger partial charge in [0.15, 0.2) is 25.3 Å². The number of carbonyl (C=O) groups is 2. The largest absolute Gasteiger partial charge is 0.497 e. The highest BCUT2D eigenvalue weighted by molar-refractivity contribution is 7.89. The summed E-state index contributed by atoms with van der Waals surface area (Å²) in [5.41, 5.74) is 0.497. The summed E-state index contributed by atoms with van der Waals surface area (Å²) in [5.74, 6) is -0.810. The lowest BCUT2D eigenvalue weighted by Gasteiger charge is -2.31. The third-order valence-corrected chi connectivity index (χ3v) is 12.2. The van der Waals surface area contributed by atoms with Gasteiger partial charge in [-0.2, -0.15) is 17.5 Å². The number of alkyl halides is 3. The van der Waals surface area contributed by atoms with Crippen LogP contribution in [0.25, 0.3) is 0 Å². The van der Waals surface area contributed by atoms with Crippen LogP contribution in [0, 0.1) is 11.8 Å². The van der Waals surface area contributed by atoms with Crippen LogP contribution < -0.4 is 14.8 Å². The second kappa shape index (κ2) is 20.5. The van der Waals surface area contributed by atoms with Gasteiger partial charge in [0.25, 0.3) is 0 Å². The maximum absolute atomic E-state index is 13.8. The summed E-state index contributed by atoms with van der Waals surface area (Å²) in [6.07, 6.45) is -10.3. The fourth-order valence-electron chi connectivity index (χ4n) is 6.01. The van der Waals surface area contributed by atoms with Crippen LogP contribution in [-0.4, -0.2) is 120 Å². The first-order chi connectivity index (χ1) is 26.8. The summed E-state index contributed by atoms with van der Waals surface area (Å²) in [6, 6.07) is 10.5. The molecule has 2 N–H and O–H groups in total. The predicted molar refractivity (Wildman–Crippen MR) is 196 cm³/mol. The third-order valence-electron chi connectivity index (χ3n) is 8.80. The molecule has 2 aliphatic heterocycles. The molecule has 0 radical (unpaired) electrons. The van der Waals surface area contributed by atoms with E-state index in [1.807, 2.05) is 13.8 Å². The van der Waals surface area contributed by atoms with Gasteiger partial charge in [-0.1, -0.05) is 26.0 Å². The van der Waals surface area contributed by atoms with Gasteiger partial charge >= 0.3 is 25.8 Å². The molecule has 320 valence electrons. The second-order valence-corrected chi connectivity index (χ2v) is 17.7. The summed E-state index contributed by atoms with van der Waals surface area (Å²) in [7, 11) is -7.36. The van der Waals surface area contributed by atoms with E-state index in [1.54, 1.807) is 0 Å². The van der Waals surface area contributed by atoms with Crippen LogP contribution in [0.2, 0.25) is 0 Å². The van der Waals surface area contributed by atoms with Gasteiger partial charge in [0.05, 0.1) is 49.9 Å². The number of nitrogens with zero attached hydrogens (tertiary/aromatic N) is 1. The van der Waals surface area contributed by atoms with Gasteiger partial charge in [-0.05, 0) is 74.6 Å². The maximum Gasteiger partial charge on any atom is 0.412 e. The molecule has 0 bridgehead atoms. The lowest BCUT2D eigenvalue weighted by atomic mass is 10.0. The lowest BCUT2D eigenvalue weighted by molar-refractivity contribution is -0.158. The number of alkyl carbamates (subject to hydrolysis) is 1. The number of fused-ring (bicyclic) bond motifs is 1. The number of rotatable bonds is 21. The molecule has 2 aromatic rings. The maximum atomic E-state index is 13.8. The van der Waals surface area contributed by atoms with Crippen molar-refractivity contribution in [3.05, 3.63) is 54.1 Å². The standard InChI is InChI=1S/C36H50F3N2O14PS/c1-6-49-33(43)24(4)55-56(45,53-21-36(37,38)39)22-52-27-9-7-25(8-10-27)17-30(40-35(44)54-32-20-51-34-29(32)15-16-50-34)31(42)19-41(18-23(2)3)57(46,47)28-13-11-26(48-5)12-14-28/h7-14,23-24,29-32,34,42H,6,15-22H2,1-5H3,(H,40,44)/t24?,29-,30-,31+,32-,34+,56?/m0/s1. The van der Waals surface area contributed by atoms with Crippen molar-refractivity contribution in [2.45, 2.75) is 82.3 Å². The van der Waals surface area contributed by atoms with Crippen LogP contribution in [-0.2, 0) is 53.8 Å². The molecule has 0 aromatic heterocycles. The number of nitrogens with one attached hydrogen (secondary N) is 1. The minimum Gasteiger partial charge on any atom is -0.497 e. The highest BCUT2D eigenvalue weighted by Crippen LogP contribution is 2.50. The molecule has 2 aromatic carbocycles. The van der Waals surface area contributed by atoms with E-state index < -0.39 is 86.0 Å². The summed E-state index contributed by atoms with van der Waals surface area (Å²) in [5, 5.41) is 14.3. The summed E-state index contributed by atoms with van der Waals surface area (Å²) in [4.78, 5) is 25.3. The van der Waals surface area contributed by atoms with Crippen molar-refractivity contribution >= 4 is 29.7 Å². The average Bonchev–Trinajstić information content (AvgIpc) is 3.78. The molecule has 57 heavy (non-hydrogen) atoms. The van der Waals surface area contributed by atoms with E-state index in [-0.39, 0.29) is 48.7 Å². The van der Waals surface area contributed by atoms with Crippen molar-refractivity contribution < 1.29 is 78.3 Å². The summed E-state index contributed by atoms with van der Waals surface area (Å²) in [6.45, 7) is 4.48. The van der Waals surface area contributed by atoms with Gasteiger partial charge < -0.3 is 38.8 Å². The van der Waals surface area contributed by atoms with E-state index in [4.69, 9.17) is 32.9 Å². The Morgan fingerprint density at radius 1 is 1.04 bits per heavy atom. The molecule has 0 spiro atoms. The molecule has 1 amide bonds. The average molecular weight is 855 g/mol. The number of aliphatic hydroxyl groups is 1. The van der Waals surface area contributed by atoms with Gasteiger partial charge in [0.2, 0.25) is 10.0 Å². The van der Waals surface area contributed by atoms with E-state index in [0.29, 0.717) is 24.3 Å². The number of benzene rings is 2. The highest BCUT2D eigenvalue weighted by Gasteiger charge is 2.44. The molecule has 2 unspecified atom stereocenters. The topological polar surface area (TPSA) is 195 Å². The summed E-state index contributed by atoms with van der Waals surface area (Å²) >= 11 is 0. The molecule has 0 saturated carbocycles. The van der Waals surface area contributed by atoms with E-state index in [0.717, 1.165) is 11.2 Å². The molecular weight excluding hydrogens is 804 g/mol. The Morgan fingerprint density at radius 3 is 2.32 bits per heavy atom. The molecule has 21 heteroatoms. The Bertz CT molecular complexity index is 1770. The van der Waals surface area contributed by atoms with Gasteiger partial charge in [-0.25, -0.2) is 18.0 Å². The van der Waals surface area contributed by atoms with Gasteiger partial charge in [-0.15, -0.1) is 0 Å². The normalized spacial score (nSPS) is 21.0. The highest BCUT2D eigenvalue weighted by atomic mass is 32.2. The zero-order valence-corrected chi connectivity index (χ0v) is 33.9. The molecule has 2 fully saturated rings. The monoisotopic (exact) mass is 854 g/mol. The molecule has 2 saturated heterocycles. The molecular formula is C36H50F3N2O14PS. The first kappa shape index (κ1) is 46.2. The molecule has 0 aliphatic carbocycles. The first-order valence-corrected chi connectivity index (χ1v) is 21.4. The van der Waals surface area contributed by atoms with E-state index >= 15 is 0 Å². The number of carbonyl (C=O) groups excluding carboxylic acids is 2. The Kier molecular flexibility index (Phi) is 16.6. The molecule has 2 heterocycles. The zero-order chi connectivity index (χ0) is 42.0. The molecule has 4 rings (SSSR count). The van der Waals surface area contributed by atoms with Crippen molar-refractivity contribution in [1.82, 2.24) is 9.62 Å². The van der Waals surface area contributed by atoms with E-state index in [2.05, 4.69) is 9.84 Å². The summed E-state index contributed by atoms with van der Waals surface area (Å²) < 4.78 is 123. The van der Waals surface area contributed by atoms with Crippen LogP contribution in [0.15, 0.2) is 53.4 Å². The van der Waals surface area contributed by atoms with Crippen molar-refractivity contribution in [2.75, 3.05) is 53.0 Å². The van der Waals surface area contributed by atoms with Crippen LogP contribution in [0.4, 0.5) is 18.0 Å². The van der Waals surface area contributed by atoms with Crippen LogP contribution in [0.3, 0.4) is 0 Å². The number of aliphatic hydroxyl groups excluding tert-OH is 1. The molecule has 7 atom stereocenters. The van der Waals surface area contributed by atoms with Gasteiger partial charge in [0, 0.05) is 13.1 Å². The SMILES string of the molecule is CCOC(=O)C(C)OP(=O)(COc1ccc(C[C@H](NC(=O)O[C@H]2CO[C@H]3OCC[C@H]32)[C@H](O)CN(CC(C)C)S(=O)(=O)c2ccc(OC)cc2)cc1)OCC(F)(F)F. The van der Waals surface area contributed by atoms with Crippen LogP contribution in [0.1, 0.15) is 39.7 Å². The Labute approximate surface area is 329 Å². The fourth-order valence-corrected chi connectivity index (χ4v) is 9.04. The quantitative estimate of drug-likeness (QED) is 0.127. The fraction of sp³-hybridized carbons (Fsp3) is 0.611. The van der Waals surface area contributed by atoms with Crippen LogP contribution in [0.5, 0.6) is 11.5 Å². The number of methoxy groups -OCH3 is 1. The van der Waals surface area contributed by atoms with Crippen molar-refractivity contribution in [1.29, 1.82) is 0 Å². The lowest BCUT2D eigenvalue weighted by Crippen LogP contribution is -2.51. The Hall–Kier alpha value is -3.49. The molecule has 2 aliphatic rings. The van der Waals surface area contributed by atoms with Gasteiger partial charge in [-0.3, -0.25) is 13.6 Å². The number of ether oxygens (including phenoxy) is 6. The van der Waals surface area contributed by atoms with Crippen molar-refractivity contribution in [3.8, 4) is 11.5 Å². The number of halogens is 3. The second-order valence-electron chi connectivity index (χ2n) is 13.8. The minimum absolute atomic E-state index is 0.0229. The number of esters is 1. The van der Waals surface area contributed by atoms with E-state index in [9.17, 15) is 40.8 Å². The number of sulfonamides is 1. The minimum atomic E-state index is -4.86. The van der Waals surface area contributed by atoms with E-state index in [1.165, 1.54) is 62.6 Å². The van der Waals surface area contributed by atoms with Gasteiger partial charge in [0.1, 0.15) is 17.6 Å². The van der Waals surface area contributed by atoms with Crippen LogP contribution >= 0.6 is 7.60 Å². The number of amides is 1. The molecule has 16 nitrogen and oxygen atoms in total. The predicted octanol–water partition coefficient (Wildman–Crippen LogP) is 4.88. The number of hydrogen-bond acceptors (Lipinski definition) is 14. The zero-order valence-electron chi connectivity index (χ0n) is 32.2. The van der Waals surface area contributed by atoms with Crippen molar-refractivity contribution in [3.63, 3.8) is 0 Å². The Balaban J connectivity index is 1.52. The third kappa shape index (κ3) is 13.8. The smallest absolute Gasteiger partial charge is 0.412 e. The van der Waals surface area contributed by atoms with Crippen molar-refractivity contribution in [2.24, 2.45) is 11.8 Å². The first-order valence-electron chi connectivity index (χ1n) is 18.2.